The van der Waals surface area contributed by atoms with Gasteiger partial charge in [0.1, 0.15) is 5.82 Å². The maximum Gasteiger partial charge on any atom is 0.315 e. The minimum Gasteiger partial charge on any atom is -0.391 e. The van der Waals surface area contributed by atoms with Crippen LogP contribution < -0.4 is 15.5 Å². The number of carbonyl (C=O) groups is 1. The van der Waals surface area contributed by atoms with Crippen LogP contribution in [0.1, 0.15) is 27.2 Å². The normalized spacial score (nSPS) is 19.5. The Bertz CT molecular complexity index is 547. The smallest absolute Gasteiger partial charge is 0.315 e. The standard InChI is InChI=1S/C16H25ClN4O2/c1-16(2,3)13(22)9-19-15(23)20-11-6-8-21(10-11)14-12(17)5-4-7-18-14/h4-5,7,11,13,22H,6,8-10H2,1-3H3,(H2,19,20,23). The summed E-state index contributed by atoms with van der Waals surface area (Å²) in [4.78, 5) is 18.3. The Labute approximate surface area is 142 Å². The molecule has 1 aromatic heterocycles. The third kappa shape index (κ3) is 4.97. The third-order valence-electron chi connectivity index (χ3n) is 4.02. The Kier molecular flexibility index (Phi) is 5.70. The van der Waals surface area contributed by atoms with Crippen molar-refractivity contribution in [2.45, 2.75) is 39.3 Å². The number of rotatable bonds is 4. The fourth-order valence-electron chi connectivity index (χ4n) is 2.41. The van der Waals surface area contributed by atoms with Crippen LogP contribution in [0.5, 0.6) is 0 Å². The minimum absolute atomic E-state index is 0.0415. The van der Waals surface area contributed by atoms with E-state index in [-0.39, 0.29) is 24.0 Å². The van der Waals surface area contributed by atoms with Gasteiger partial charge in [0.25, 0.3) is 0 Å². The number of carbonyl (C=O) groups excluding carboxylic acids is 1. The summed E-state index contributed by atoms with van der Waals surface area (Å²) < 4.78 is 0. The van der Waals surface area contributed by atoms with Crippen molar-refractivity contribution in [1.82, 2.24) is 15.6 Å². The largest absolute Gasteiger partial charge is 0.391 e. The molecule has 1 saturated heterocycles. The van der Waals surface area contributed by atoms with Crippen LogP contribution in [0.3, 0.4) is 0 Å². The maximum atomic E-state index is 11.9. The van der Waals surface area contributed by atoms with Gasteiger partial charge in [-0.3, -0.25) is 0 Å². The molecule has 1 aliphatic heterocycles. The highest BCUT2D eigenvalue weighted by Crippen LogP contribution is 2.25. The predicted molar refractivity (Wildman–Crippen MR) is 91.9 cm³/mol. The highest BCUT2D eigenvalue weighted by molar-refractivity contribution is 6.32. The zero-order chi connectivity index (χ0) is 17.0. The number of aliphatic hydroxyl groups is 1. The quantitative estimate of drug-likeness (QED) is 0.783. The van der Waals surface area contributed by atoms with Gasteiger partial charge in [-0.05, 0) is 24.0 Å². The van der Waals surface area contributed by atoms with Crippen molar-refractivity contribution >= 4 is 23.4 Å². The van der Waals surface area contributed by atoms with Gasteiger partial charge >= 0.3 is 6.03 Å². The van der Waals surface area contributed by atoms with E-state index in [1.165, 1.54) is 0 Å². The SMILES string of the molecule is CC(C)(C)C(O)CNC(=O)NC1CCN(c2ncccc2Cl)C1. The second-order valence-corrected chi connectivity index (χ2v) is 7.38. The molecule has 1 aliphatic rings. The van der Waals surface area contributed by atoms with Gasteiger partial charge in [-0.1, -0.05) is 32.4 Å². The molecular formula is C16H25ClN4O2. The van der Waals surface area contributed by atoms with Gasteiger partial charge in [-0.2, -0.15) is 0 Å². The number of aromatic nitrogens is 1. The maximum absolute atomic E-state index is 11.9. The lowest BCUT2D eigenvalue weighted by Crippen LogP contribution is -2.47. The Balaban J connectivity index is 1.79. The molecule has 0 saturated carbocycles. The first-order chi connectivity index (χ1) is 10.8. The van der Waals surface area contributed by atoms with Gasteiger partial charge in [0.2, 0.25) is 0 Å². The van der Waals surface area contributed by atoms with Gasteiger partial charge in [0.05, 0.1) is 11.1 Å². The van der Waals surface area contributed by atoms with Gasteiger partial charge < -0.3 is 20.6 Å². The lowest BCUT2D eigenvalue weighted by Gasteiger charge is -2.26. The molecular weight excluding hydrogens is 316 g/mol. The first-order valence-electron chi connectivity index (χ1n) is 7.85. The molecule has 3 N–H and O–H groups in total. The molecule has 1 aromatic rings. The van der Waals surface area contributed by atoms with E-state index >= 15 is 0 Å². The summed E-state index contributed by atoms with van der Waals surface area (Å²) >= 11 is 6.15. The minimum atomic E-state index is -0.583. The molecule has 128 valence electrons. The highest BCUT2D eigenvalue weighted by atomic mass is 35.5. The number of halogens is 1. The van der Waals surface area contributed by atoms with E-state index in [0.29, 0.717) is 11.6 Å². The van der Waals surface area contributed by atoms with Crippen LogP contribution >= 0.6 is 11.6 Å². The molecule has 1 fully saturated rings. The van der Waals surface area contributed by atoms with E-state index < -0.39 is 6.10 Å². The van der Waals surface area contributed by atoms with Crippen molar-refractivity contribution < 1.29 is 9.90 Å². The second kappa shape index (κ2) is 7.36. The zero-order valence-electron chi connectivity index (χ0n) is 13.8. The zero-order valence-corrected chi connectivity index (χ0v) is 14.6. The number of pyridine rings is 1. The molecule has 2 amide bonds. The van der Waals surface area contributed by atoms with Gasteiger partial charge in [-0.25, -0.2) is 9.78 Å². The van der Waals surface area contributed by atoms with E-state index in [2.05, 4.69) is 20.5 Å². The fourth-order valence-corrected chi connectivity index (χ4v) is 2.65. The molecule has 0 radical (unpaired) electrons. The van der Waals surface area contributed by atoms with Crippen molar-refractivity contribution in [2.75, 3.05) is 24.5 Å². The Morgan fingerprint density at radius 2 is 2.30 bits per heavy atom. The number of hydrogen-bond donors (Lipinski definition) is 3. The van der Waals surface area contributed by atoms with Crippen LogP contribution in [-0.4, -0.2) is 47.9 Å². The summed E-state index contributed by atoms with van der Waals surface area (Å²) in [6.07, 6.45) is 1.96. The van der Waals surface area contributed by atoms with Crippen molar-refractivity contribution in [2.24, 2.45) is 5.41 Å². The van der Waals surface area contributed by atoms with Crippen LogP contribution in [0.2, 0.25) is 5.02 Å². The molecule has 23 heavy (non-hydrogen) atoms. The number of aliphatic hydroxyl groups excluding tert-OH is 1. The topological polar surface area (TPSA) is 77.5 Å². The summed E-state index contributed by atoms with van der Waals surface area (Å²) in [5, 5.41) is 16.2. The average Bonchev–Trinajstić information content (AvgIpc) is 2.92. The number of hydrogen-bond acceptors (Lipinski definition) is 4. The fraction of sp³-hybridized carbons (Fsp3) is 0.625. The lowest BCUT2D eigenvalue weighted by atomic mass is 9.89. The number of nitrogens with zero attached hydrogens (tertiary/aromatic N) is 2. The van der Waals surface area contributed by atoms with E-state index in [1.54, 1.807) is 12.3 Å². The summed E-state index contributed by atoms with van der Waals surface area (Å²) in [5.41, 5.74) is -0.257. The van der Waals surface area contributed by atoms with E-state index in [1.807, 2.05) is 26.8 Å². The van der Waals surface area contributed by atoms with Crippen molar-refractivity contribution in [3.63, 3.8) is 0 Å². The van der Waals surface area contributed by atoms with Crippen LogP contribution in [-0.2, 0) is 0 Å². The molecule has 2 unspecified atom stereocenters. The second-order valence-electron chi connectivity index (χ2n) is 6.98. The van der Waals surface area contributed by atoms with E-state index in [0.717, 1.165) is 18.8 Å². The lowest BCUT2D eigenvalue weighted by molar-refractivity contribution is 0.0649. The van der Waals surface area contributed by atoms with E-state index in [4.69, 9.17) is 11.6 Å². The molecule has 0 bridgehead atoms. The Morgan fingerprint density at radius 3 is 2.96 bits per heavy atom. The number of amides is 2. The number of anilines is 1. The Hall–Kier alpha value is -1.53. The summed E-state index contributed by atoms with van der Waals surface area (Å²) in [6, 6.07) is 3.39. The Morgan fingerprint density at radius 1 is 1.57 bits per heavy atom. The van der Waals surface area contributed by atoms with Gasteiger partial charge in [0, 0.05) is 31.9 Å². The number of urea groups is 1. The van der Waals surface area contributed by atoms with Crippen molar-refractivity contribution in [1.29, 1.82) is 0 Å². The summed E-state index contributed by atoms with van der Waals surface area (Å²) in [5.74, 6) is 0.752. The molecule has 0 aliphatic carbocycles. The van der Waals surface area contributed by atoms with Crippen LogP contribution in [0.15, 0.2) is 18.3 Å². The van der Waals surface area contributed by atoms with Gasteiger partial charge in [0.15, 0.2) is 0 Å². The molecule has 2 atom stereocenters. The van der Waals surface area contributed by atoms with Crippen LogP contribution in [0.25, 0.3) is 0 Å². The summed E-state index contributed by atoms with van der Waals surface area (Å²) in [6.45, 7) is 7.50. The highest BCUT2D eigenvalue weighted by Gasteiger charge is 2.27. The first-order valence-corrected chi connectivity index (χ1v) is 8.23. The molecule has 7 heteroatoms. The van der Waals surface area contributed by atoms with Crippen LogP contribution in [0.4, 0.5) is 10.6 Å². The third-order valence-corrected chi connectivity index (χ3v) is 4.31. The van der Waals surface area contributed by atoms with Crippen molar-refractivity contribution in [3.8, 4) is 0 Å². The summed E-state index contributed by atoms with van der Waals surface area (Å²) in [7, 11) is 0. The molecule has 0 aromatic carbocycles. The molecule has 2 heterocycles. The monoisotopic (exact) mass is 340 g/mol. The first kappa shape index (κ1) is 17.8. The van der Waals surface area contributed by atoms with Crippen LogP contribution in [0, 0.1) is 5.41 Å². The molecule has 2 rings (SSSR count). The predicted octanol–water partition coefficient (Wildman–Crippen LogP) is 2.02. The average molecular weight is 341 g/mol. The van der Waals surface area contributed by atoms with Crippen molar-refractivity contribution in [3.05, 3.63) is 23.4 Å². The molecule has 0 spiro atoms. The molecule has 6 nitrogen and oxygen atoms in total. The van der Waals surface area contributed by atoms with E-state index in [9.17, 15) is 9.90 Å². The van der Waals surface area contributed by atoms with Gasteiger partial charge in [-0.15, -0.1) is 0 Å². The number of nitrogens with one attached hydrogen (secondary N) is 2.